The zero-order chi connectivity index (χ0) is 20.2. The molecule has 3 aromatic rings. The van der Waals surface area contributed by atoms with E-state index in [4.69, 9.17) is 9.15 Å². The minimum Gasteiger partial charge on any atom is -0.443 e. The molecule has 29 heavy (non-hydrogen) atoms. The molecule has 8 nitrogen and oxygen atoms in total. The van der Waals surface area contributed by atoms with Crippen LogP contribution in [0.25, 0.3) is 11.1 Å². The van der Waals surface area contributed by atoms with E-state index < -0.39 is 11.8 Å². The topological polar surface area (TPSA) is 85.0 Å². The minimum atomic E-state index is -0.550. The highest BCUT2D eigenvalue weighted by Crippen LogP contribution is 2.16. The zero-order valence-corrected chi connectivity index (χ0v) is 15.8. The summed E-state index contributed by atoms with van der Waals surface area (Å²) in [6.07, 6.45) is 0.206. The van der Waals surface area contributed by atoms with Gasteiger partial charge in [-0.25, -0.2) is 19.6 Å². The number of hydrogen-bond donors (Lipinski definition) is 0. The highest BCUT2D eigenvalue weighted by atomic mass is 16.6. The van der Waals surface area contributed by atoms with Crippen molar-refractivity contribution in [1.29, 1.82) is 0 Å². The zero-order valence-electron chi connectivity index (χ0n) is 15.8. The molecule has 0 atom stereocenters. The van der Waals surface area contributed by atoms with E-state index in [1.54, 1.807) is 24.3 Å². The van der Waals surface area contributed by atoms with Crippen LogP contribution in [0.2, 0.25) is 0 Å². The molecule has 2 amide bonds. The average Bonchev–Trinajstić information content (AvgIpc) is 3.35. The van der Waals surface area contributed by atoms with Gasteiger partial charge in [0.1, 0.15) is 6.61 Å². The molecule has 1 aromatic heterocycles. The molecule has 150 valence electrons. The van der Waals surface area contributed by atoms with Gasteiger partial charge in [0.25, 0.3) is 0 Å². The van der Waals surface area contributed by atoms with E-state index in [2.05, 4.69) is 0 Å². The summed E-state index contributed by atoms with van der Waals surface area (Å²) in [4.78, 5) is 37.2. The van der Waals surface area contributed by atoms with Gasteiger partial charge in [-0.3, -0.25) is 9.36 Å². The lowest BCUT2D eigenvalue weighted by Gasteiger charge is -2.27. The van der Waals surface area contributed by atoms with Crippen LogP contribution in [0.4, 0.5) is 4.79 Å². The van der Waals surface area contributed by atoms with E-state index in [9.17, 15) is 14.4 Å². The number of hydrazine groups is 1. The van der Waals surface area contributed by atoms with Gasteiger partial charge >= 0.3 is 11.8 Å². The summed E-state index contributed by atoms with van der Waals surface area (Å²) in [5.41, 5.74) is 2.01. The number of amides is 2. The largest absolute Gasteiger partial charge is 0.443 e. The molecule has 0 spiro atoms. The summed E-state index contributed by atoms with van der Waals surface area (Å²) in [5, 5.41) is 2.74. The number of oxazole rings is 1. The van der Waals surface area contributed by atoms with E-state index >= 15 is 0 Å². The average molecular weight is 395 g/mol. The number of fused-ring (bicyclic) bond motifs is 1. The number of aromatic nitrogens is 1. The summed E-state index contributed by atoms with van der Waals surface area (Å²) in [6.45, 7) is 1.20. The number of benzene rings is 2. The fourth-order valence-corrected chi connectivity index (χ4v) is 3.42. The second-order valence-corrected chi connectivity index (χ2v) is 6.77. The van der Waals surface area contributed by atoms with Crippen LogP contribution in [0, 0.1) is 0 Å². The number of aryl methyl sites for hydroxylation is 1. The summed E-state index contributed by atoms with van der Waals surface area (Å²) < 4.78 is 12.0. The maximum absolute atomic E-state index is 12.7. The molecular weight excluding hydrogens is 374 g/mol. The van der Waals surface area contributed by atoms with Crippen LogP contribution in [0.1, 0.15) is 18.4 Å². The number of carbonyl (C=O) groups is 2. The molecule has 0 aliphatic carbocycles. The van der Waals surface area contributed by atoms with Crippen molar-refractivity contribution in [3.05, 3.63) is 70.7 Å². The Morgan fingerprint density at radius 3 is 2.52 bits per heavy atom. The Balaban J connectivity index is 1.38. The Hall–Kier alpha value is -3.55. The quantitative estimate of drug-likeness (QED) is 0.663. The molecule has 0 saturated carbocycles. The van der Waals surface area contributed by atoms with Gasteiger partial charge in [0.2, 0.25) is 5.91 Å². The van der Waals surface area contributed by atoms with Crippen molar-refractivity contribution in [3.8, 4) is 0 Å². The Morgan fingerprint density at radius 2 is 1.69 bits per heavy atom. The number of nitrogens with zero attached hydrogens (tertiary/aromatic N) is 3. The van der Waals surface area contributed by atoms with Crippen LogP contribution in [0.15, 0.2) is 63.8 Å². The Bertz CT molecular complexity index is 1070. The minimum absolute atomic E-state index is 0.0753. The van der Waals surface area contributed by atoms with E-state index in [1.165, 1.54) is 14.6 Å². The maximum Gasteiger partial charge on any atom is 0.429 e. The molecule has 1 fully saturated rings. The van der Waals surface area contributed by atoms with Crippen molar-refractivity contribution in [2.24, 2.45) is 0 Å². The lowest BCUT2D eigenvalue weighted by molar-refractivity contribution is -0.142. The molecule has 1 aliphatic heterocycles. The molecule has 0 unspecified atom stereocenters. The molecule has 8 heteroatoms. The molecular formula is C21H21N3O5. The van der Waals surface area contributed by atoms with E-state index in [-0.39, 0.29) is 25.5 Å². The lowest BCUT2D eigenvalue weighted by Crippen LogP contribution is -2.45. The van der Waals surface area contributed by atoms with Gasteiger partial charge in [-0.05, 0) is 24.1 Å². The second-order valence-electron chi connectivity index (χ2n) is 6.77. The van der Waals surface area contributed by atoms with Crippen molar-refractivity contribution < 1.29 is 18.7 Å². The van der Waals surface area contributed by atoms with Crippen LogP contribution >= 0.6 is 0 Å². The molecule has 0 radical (unpaired) electrons. The van der Waals surface area contributed by atoms with Crippen molar-refractivity contribution >= 4 is 23.1 Å². The van der Waals surface area contributed by atoms with Crippen LogP contribution in [0.3, 0.4) is 0 Å². The highest BCUT2D eigenvalue weighted by molar-refractivity contribution is 5.80. The summed E-state index contributed by atoms with van der Waals surface area (Å²) >= 11 is 0. The van der Waals surface area contributed by atoms with Crippen molar-refractivity contribution in [2.45, 2.75) is 26.0 Å². The Kier molecular flexibility index (Phi) is 5.33. The third kappa shape index (κ3) is 4.01. The van der Waals surface area contributed by atoms with Crippen molar-refractivity contribution in [3.63, 3.8) is 0 Å². The maximum atomic E-state index is 12.7. The van der Waals surface area contributed by atoms with E-state index in [0.717, 1.165) is 5.56 Å². The molecule has 4 rings (SSSR count). The SMILES string of the molecule is O=C(CCn1c(=O)oc2ccccc21)N1CCCN1C(=O)OCc1ccccc1. The third-order valence-electron chi connectivity index (χ3n) is 4.86. The second kappa shape index (κ2) is 8.22. The first-order valence-electron chi connectivity index (χ1n) is 9.50. The Morgan fingerprint density at radius 1 is 0.966 bits per heavy atom. The van der Waals surface area contributed by atoms with Gasteiger partial charge in [0.05, 0.1) is 5.52 Å². The summed E-state index contributed by atoms with van der Waals surface area (Å²) in [7, 11) is 0. The van der Waals surface area contributed by atoms with Crippen LogP contribution < -0.4 is 5.76 Å². The first-order valence-corrected chi connectivity index (χ1v) is 9.50. The highest BCUT2D eigenvalue weighted by Gasteiger charge is 2.31. The molecule has 1 saturated heterocycles. The summed E-state index contributed by atoms with van der Waals surface area (Å²) in [6, 6.07) is 16.4. The molecule has 1 aliphatic rings. The fraction of sp³-hybridized carbons (Fsp3) is 0.286. The number of para-hydroxylation sites is 2. The van der Waals surface area contributed by atoms with E-state index in [0.29, 0.717) is 30.6 Å². The number of hydrogen-bond acceptors (Lipinski definition) is 5. The summed E-state index contributed by atoms with van der Waals surface area (Å²) in [5.74, 6) is -0.740. The number of ether oxygens (including phenoxy) is 1. The van der Waals surface area contributed by atoms with Crippen LogP contribution in [0.5, 0.6) is 0 Å². The lowest BCUT2D eigenvalue weighted by atomic mass is 10.2. The fourth-order valence-electron chi connectivity index (χ4n) is 3.42. The normalized spacial score (nSPS) is 13.8. The van der Waals surface area contributed by atoms with Crippen molar-refractivity contribution in [2.75, 3.05) is 13.1 Å². The van der Waals surface area contributed by atoms with E-state index in [1.807, 2.05) is 30.3 Å². The first-order chi connectivity index (χ1) is 14.1. The third-order valence-corrected chi connectivity index (χ3v) is 4.86. The monoisotopic (exact) mass is 395 g/mol. The number of carbonyl (C=O) groups excluding carboxylic acids is 2. The molecule has 0 N–H and O–H groups in total. The first kappa shape index (κ1) is 18.8. The molecule has 2 heterocycles. The van der Waals surface area contributed by atoms with Gasteiger partial charge in [0, 0.05) is 26.1 Å². The smallest absolute Gasteiger partial charge is 0.429 e. The predicted molar refractivity (Wildman–Crippen MR) is 105 cm³/mol. The molecule has 0 bridgehead atoms. The predicted octanol–water partition coefficient (Wildman–Crippen LogP) is 2.77. The van der Waals surface area contributed by atoms with Gasteiger partial charge in [0.15, 0.2) is 5.58 Å². The Labute approximate surface area is 166 Å². The molecule has 2 aromatic carbocycles. The van der Waals surface area contributed by atoms with Gasteiger partial charge in [-0.1, -0.05) is 42.5 Å². The van der Waals surface area contributed by atoms with Gasteiger partial charge < -0.3 is 9.15 Å². The van der Waals surface area contributed by atoms with Gasteiger partial charge in [-0.2, -0.15) is 0 Å². The van der Waals surface area contributed by atoms with Crippen molar-refractivity contribution in [1.82, 2.24) is 14.6 Å². The van der Waals surface area contributed by atoms with Gasteiger partial charge in [-0.15, -0.1) is 0 Å². The standard InChI is InChI=1S/C21H21N3O5/c25-19(11-14-22-17-9-4-5-10-18(17)29-20(22)26)23-12-6-13-24(23)21(27)28-15-16-7-2-1-3-8-16/h1-5,7-10H,6,11-15H2. The van der Waals surface area contributed by atoms with Crippen LogP contribution in [-0.4, -0.2) is 39.7 Å². The van der Waals surface area contributed by atoms with Crippen LogP contribution in [-0.2, 0) is 22.7 Å². The number of rotatable bonds is 5.